The lowest BCUT2D eigenvalue weighted by molar-refractivity contribution is -0.384. The predicted molar refractivity (Wildman–Crippen MR) is 89.2 cm³/mol. The summed E-state index contributed by atoms with van der Waals surface area (Å²) in [6.07, 6.45) is 0. The van der Waals surface area contributed by atoms with E-state index in [4.69, 9.17) is 0 Å². The van der Waals surface area contributed by atoms with E-state index >= 15 is 0 Å². The largest absolute Gasteiger partial charge is 0.325 e. The van der Waals surface area contributed by atoms with Gasteiger partial charge in [0.15, 0.2) is 0 Å². The van der Waals surface area contributed by atoms with Crippen molar-refractivity contribution in [2.75, 3.05) is 18.9 Å². The molecule has 2 aromatic rings. The minimum absolute atomic E-state index is 0.0258. The highest BCUT2D eigenvalue weighted by Gasteiger charge is 2.12. The van der Waals surface area contributed by atoms with Crippen LogP contribution in [0.5, 0.6) is 0 Å². The summed E-state index contributed by atoms with van der Waals surface area (Å²) in [5.41, 5.74) is 1.61. The highest BCUT2D eigenvalue weighted by molar-refractivity contribution is 5.93. The molecule has 2 aromatic carbocycles. The van der Waals surface area contributed by atoms with Crippen LogP contribution in [0.2, 0.25) is 0 Å². The zero-order valence-electron chi connectivity index (χ0n) is 13.5. The molecular weight excluding hydrogens is 313 g/mol. The Balaban J connectivity index is 1.95. The third-order valence-corrected chi connectivity index (χ3v) is 3.51. The van der Waals surface area contributed by atoms with Gasteiger partial charge < -0.3 is 5.32 Å². The molecule has 0 aromatic heterocycles. The summed E-state index contributed by atoms with van der Waals surface area (Å²) in [6, 6.07) is 10.6. The van der Waals surface area contributed by atoms with Crippen LogP contribution in [-0.4, -0.2) is 29.3 Å². The molecule has 6 nitrogen and oxygen atoms in total. The topological polar surface area (TPSA) is 75.5 Å². The smallest absolute Gasteiger partial charge is 0.269 e. The average Bonchev–Trinajstić information content (AvgIpc) is 2.51. The third kappa shape index (κ3) is 4.60. The number of hydrogen-bond donors (Lipinski definition) is 1. The van der Waals surface area contributed by atoms with Crippen molar-refractivity contribution in [2.45, 2.75) is 13.5 Å². The summed E-state index contributed by atoms with van der Waals surface area (Å²) in [4.78, 5) is 24.0. The zero-order chi connectivity index (χ0) is 17.7. The number of aryl methyl sites for hydroxylation is 1. The summed E-state index contributed by atoms with van der Waals surface area (Å²) in [7, 11) is 1.72. The Bertz CT molecular complexity index is 764. The van der Waals surface area contributed by atoms with Crippen molar-refractivity contribution >= 4 is 17.3 Å². The fraction of sp³-hybridized carbons (Fsp3) is 0.235. The van der Waals surface area contributed by atoms with Crippen LogP contribution in [0.4, 0.5) is 15.8 Å². The van der Waals surface area contributed by atoms with Gasteiger partial charge in [0.05, 0.1) is 11.5 Å². The van der Waals surface area contributed by atoms with E-state index < -0.39 is 4.92 Å². The van der Waals surface area contributed by atoms with E-state index in [1.165, 1.54) is 24.3 Å². The van der Waals surface area contributed by atoms with Gasteiger partial charge in [0, 0.05) is 29.9 Å². The lowest BCUT2D eigenvalue weighted by Gasteiger charge is -2.17. The molecule has 126 valence electrons. The van der Waals surface area contributed by atoms with Crippen LogP contribution in [0.25, 0.3) is 0 Å². The van der Waals surface area contributed by atoms with Crippen molar-refractivity contribution in [1.82, 2.24) is 4.90 Å². The van der Waals surface area contributed by atoms with Gasteiger partial charge in [-0.15, -0.1) is 0 Å². The first-order chi connectivity index (χ1) is 11.4. The molecule has 0 bridgehead atoms. The number of anilines is 1. The second-order valence-electron chi connectivity index (χ2n) is 5.57. The summed E-state index contributed by atoms with van der Waals surface area (Å²) in [6.45, 7) is 2.07. The van der Waals surface area contributed by atoms with Crippen LogP contribution in [0, 0.1) is 22.9 Å². The van der Waals surface area contributed by atoms with Gasteiger partial charge in [-0.05, 0) is 31.7 Å². The van der Waals surface area contributed by atoms with Crippen LogP contribution >= 0.6 is 0 Å². The van der Waals surface area contributed by atoms with E-state index in [-0.39, 0.29) is 24.0 Å². The maximum atomic E-state index is 13.6. The number of benzene rings is 2. The predicted octanol–water partition coefficient (Wildman–Crippen LogP) is 3.11. The Morgan fingerprint density at radius 3 is 2.62 bits per heavy atom. The van der Waals surface area contributed by atoms with Crippen LogP contribution in [-0.2, 0) is 11.3 Å². The van der Waals surface area contributed by atoms with Gasteiger partial charge in [-0.3, -0.25) is 19.8 Å². The van der Waals surface area contributed by atoms with Crippen LogP contribution in [0.3, 0.4) is 0 Å². The SMILES string of the molecule is Cc1cc([N+](=O)[O-])ccc1NC(=O)CN(C)Cc1ccccc1F. The molecule has 0 unspecified atom stereocenters. The van der Waals surface area contributed by atoms with Crippen molar-refractivity contribution in [1.29, 1.82) is 0 Å². The highest BCUT2D eigenvalue weighted by Crippen LogP contribution is 2.21. The van der Waals surface area contributed by atoms with Crippen LogP contribution in [0.15, 0.2) is 42.5 Å². The number of halogens is 1. The molecule has 1 amide bonds. The van der Waals surface area contributed by atoms with Gasteiger partial charge in [-0.25, -0.2) is 4.39 Å². The molecule has 0 heterocycles. The van der Waals surface area contributed by atoms with Crippen LogP contribution in [0.1, 0.15) is 11.1 Å². The number of nitro groups is 1. The van der Waals surface area contributed by atoms with E-state index in [1.807, 2.05) is 0 Å². The van der Waals surface area contributed by atoms with Crippen molar-refractivity contribution in [2.24, 2.45) is 0 Å². The number of nitrogens with one attached hydrogen (secondary N) is 1. The molecule has 7 heteroatoms. The lowest BCUT2D eigenvalue weighted by Crippen LogP contribution is -2.30. The van der Waals surface area contributed by atoms with E-state index in [0.29, 0.717) is 23.4 Å². The summed E-state index contributed by atoms with van der Waals surface area (Å²) >= 11 is 0. The molecule has 0 atom stereocenters. The molecule has 0 spiro atoms. The van der Waals surface area contributed by atoms with E-state index in [1.54, 1.807) is 37.1 Å². The normalized spacial score (nSPS) is 10.7. The monoisotopic (exact) mass is 331 g/mol. The van der Waals surface area contributed by atoms with Crippen molar-refractivity contribution < 1.29 is 14.1 Å². The Morgan fingerprint density at radius 1 is 1.29 bits per heavy atom. The van der Waals surface area contributed by atoms with Gasteiger partial charge in [0.1, 0.15) is 5.82 Å². The summed E-state index contributed by atoms with van der Waals surface area (Å²) in [5.74, 6) is -0.582. The van der Waals surface area contributed by atoms with E-state index in [0.717, 1.165) is 0 Å². The maximum Gasteiger partial charge on any atom is 0.269 e. The molecule has 0 aliphatic rings. The summed E-state index contributed by atoms with van der Waals surface area (Å²) in [5, 5.41) is 13.4. The molecule has 0 aliphatic carbocycles. The average molecular weight is 331 g/mol. The Hall–Kier alpha value is -2.80. The molecule has 0 saturated heterocycles. The first-order valence-corrected chi connectivity index (χ1v) is 7.33. The lowest BCUT2D eigenvalue weighted by atomic mass is 10.1. The fourth-order valence-electron chi connectivity index (χ4n) is 2.31. The second kappa shape index (κ2) is 7.65. The maximum absolute atomic E-state index is 13.6. The first kappa shape index (κ1) is 17.6. The fourth-order valence-corrected chi connectivity index (χ4v) is 2.31. The zero-order valence-corrected chi connectivity index (χ0v) is 13.5. The minimum atomic E-state index is -0.485. The third-order valence-electron chi connectivity index (χ3n) is 3.51. The van der Waals surface area contributed by atoms with Crippen molar-refractivity contribution in [3.63, 3.8) is 0 Å². The highest BCUT2D eigenvalue weighted by atomic mass is 19.1. The first-order valence-electron chi connectivity index (χ1n) is 7.33. The number of non-ortho nitro benzene ring substituents is 1. The van der Waals surface area contributed by atoms with Crippen molar-refractivity contribution in [3.05, 3.63) is 69.5 Å². The van der Waals surface area contributed by atoms with Crippen LogP contribution < -0.4 is 5.32 Å². The second-order valence-corrected chi connectivity index (χ2v) is 5.57. The Labute approximate surface area is 139 Å². The minimum Gasteiger partial charge on any atom is -0.325 e. The number of nitro benzene ring substituents is 1. The molecule has 2 rings (SSSR count). The van der Waals surface area contributed by atoms with E-state index in [2.05, 4.69) is 5.32 Å². The number of nitrogens with zero attached hydrogens (tertiary/aromatic N) is 2. The van der Waals surface area contributed by atoms with Crippen molar-refractivity contribution in [3.8, 4) is 0 Å². The quantitative estimate of drug-likeness (QED) is 0.652. The number of carbonyl (C=O) groups excluding carboxylic acids is 1. The Kier molecular flexibility index (Phi) is 5.59. The number of carbonyl (C=O) groups is 1. The summed E-state index contributed by atoms with van der Waals surface area (Å²) < 4.78 is 13.6. The van der Waals surface area contributed by atoms with E-state index in [9.17, 15) is 19.3 Å². The molecule has 0 saturated carbocycles. The number of amides is 1. The molecule has 0 aliphatic heterocycles. The molecule has 0 radical (unpaired) electrons. The molecule has 24 heavy (non-hydrogen) atoms. The molecule has 1 N–H and O–H groups in total. The van der Waals surface area contributed by atoms with Gasteiger partial charge in [-0.2, -0.15) is 0 Å². The molecule has 0 fully saturated rings. The van der Waals surface area contributed by atoms with Gasteiger partial charge >= 0.3 is 0 Å². The molecular formula is C17H18FN3O3. The van der Waals surface area contributed by atoms with Gasteiger partial charge in [0.2, 0.25) is 5.91 Å². The standard InChI is InChI=1S/C17H18FN3O3/c1-12-9-14(21(23)24)7-8-16(12)19-17(22)11-20(2)10-13-5-3-4-6-15(13)18/h3-9H,10-11H2,1-2H3,(H,19,22). The number of rotatable bonds is 6. The van der Waals surface area contributed by atoms with Gasteiger partial charge in [-0.1, -0.05) is 18.2 Å². The number of hydrogen-bond acceptors (Lipinski definition) is 4. The number of likely N-dealkylation sites (N-methyl/N-ethyl adjacent to an activating group) is 1. The Morgan fingerprint density at radius 2 is 2.00 bits per heavy atom. The van der Waals surface area contributed by atoms with Gasteiger partial charge in [0.25, 0.3) is 5.69 Å².